The van der Waals surface area contributed by atoms with Crippen LogP contribution in [0.2, 0.25) is 0 Å². The maximum atomic E-state index is 13.7. The molecular formula is C21H14F2N4S2. The SMILES string of the molecule is FC(F)n1c(CSc2ncnc3scc(-c4ccccc4)c23)nc2ccccc21. The molecule has 0 aliphatic heterocycles. The van der Waals surface area contributed by atoms with Gasteiger partial charge in [-0.1, -0.05) is 54.2 Å². The summed E-state index contributed by atoms with van der Waals surface area (Å²) < 4.78 is 28.4. The van der Waals surface area contributed by atoms with Crippen LogP contribution >= 0.6 is 23.1 Å². The van der Waals surface area contributed by atoms with E-state index >= 15 is 0 Å². The number of para-hydroxylation sites is 2. The maximum Gasteiger partial charge on any atom is 0.320 e. The number of thiophene rings is 1. The highest BCUT2D eigenvalue weighted by molar-refractivity contribution is 7.98. The molecule has 0 amide bonds. The van der Waals surface area contributed by atoms with Gasteiger partial charge in [-0.05, 0) is 17.7 Å². The number of thioether (sulfide) groups is 1. The second kappa shape index (κ2) is 7.53. The minimum atomic E-state index is -2.65. The van der Waals surface area contributed by atoms with Gasteiger partial charge in [0, 0.05) is 10.9 Å². The number of fused-ring (bicyclic) bond motifs is 2. The number of alkyl halides is 2. The van der Waals surface area contributed by atoms with Crippen molar-refractivity contribution < 1.29 is 8.78 Å². The summed E-state index contributed by atoms with van der Waals surface area (Å²) in [7, 11) is 0. The Morgan fingerprint density at radius 1 is 1.00 bits per heavy atom. The molecule has 3 heterocycles. The Morgan fingerprint density at radius 2 is 1.79 bits per heavy atom. The van der Waals surface area contributed by atoms with Gasteiger partial charge in [0.05, 0.1) is 22.2 Å². The molecule has 0 aliphatic rings. The zero-order chi connectivity index (χ0) is 19.8. The van der Waals surface area contributed by atoms with Crippen LogP contribution in [0.4, 0.5) is 8.78 Å². The Bertz CT molecular complexity index is 1300. The lowest BCUT2D eigenvalue weighted by atomic mass is 10.1. The van der Waals surface area contributed by atoms with Crippen molar-refractivity contribution in [1.29, 1.82) is 0 Å². The fraction of sp³-hybridized carbons (Fsp3) is 0.0952. The van der Waals surface area contributed by atoms with E-state index in [1.165, 1.54) is 18.1 Å². The molecular weight excluding hydrogens is 410 g/mol. The van der Waals surface area contributed by atoms with Crippen molar-refractivity contribution in [2.75, 3.05) is 0 Å². The van der Waals surface area contributed by atoms with Crippen LogP contribution in [0.25, 0.3) is 32.4 Å². The lowest BCUT2D eigenvalue weighted by Gasteiger charge is -2.08. The van der Waals surface area contributed by atoms with Crippen LogP contribution < -0.4 is 0 Å². The Hall–Kier alpha value is -2.84. The van der Waals surface area contributed by atoms with Gasteiger partial charge in [-0.15, -0.1) is 11.3 Å². The summed E-state index contributed by atoms with van der Waals surface area (Å²) in [6.07, 6.45) is 1.52. The van der Waals surface area contributed by atoms with Gasteiger partial charge in [0.25, 0.3) is 0 Å². The van der Waals surface area contributed by atoms with Crippen LogP contribution in [0, 0.1) is 0 Å². The zero-order valence-corrected chi connectivity index (χ0v) is 16.6. The second-order valence-corrected chi connectivity index (χ2v) is 8.15. The molecule has 0 fully saturated rings. The largest absolute Gasteiger partial charge is 0.320 e. The number of nitrogens with zero attached hydrogens (tertiary/aromatic N) is 4. The molecule has 0 spiro atoms. The van der Waals surface area contributed by atoms with Crippen molar-refractivity contribution in [3.8, 4) is 11.1 Å². The quantitative estimate of drug-likeness (QED) is 0.242. The Kier molecular flexibility index (Phi) is 4.73. The molecule has 29 heavy (non-hydrogen) atoms. The highest BCUT2D eigenvalue weighted by atomic mass is 32.2. The molecule has 0 atom stereocenters. The Balaban J connectivity index is 1.55. The number of imidazole rings is 1. The van der Waals surface area contributed by atoms with E-state index in [2.05, 4.69) is 20.3 Å². The van der Waals surface area contributed by atoms with Gasteiger partial charge >= 0.3 is 6.55 Å². The van der Waals surface area contributed by atoms with E-state index in [1.54, 1.807) is 35.6 Å². The second-order valence-electron chi connectivity index (χ2n) is 6.33. The maximum absolute atomic E-state index is 13.7. The molecule has 0 unspecified atom stereocenters. The summed E-state index contributed by atoms with van der Waals surface area (Å²) in [4.78, 5) is 14.1. The molecule has 0 N–H and O–H groups in total. The lowest BCUT2D eigenvalue weighted by molar-refractivity contribution is 0.0722. The van der Waals surface area contributed by atoms with Gasteiger partial charge in [-0.3, -0.25) is 4.57 Å². The molecule has 0 bridgehead atoms. The average Bonchev–Trinajstić information content (AvgIpc) is 3.34. The van der Waals surface area contributed by atoms with E-state index in [0.29, 0.717) is 16.9 Å². The van der Waals surface area contributed by atoms with Crippen molar-refractivity contribution in [2.24, 2.45) is 0 Å². The number of hydrogen-bond acceptors (Lipinski definition) is 5. The van der Waals surface area contributed by atoms with Crippen molar-refractivity contribution in [1.82, 2.24) is 19.5 Å². The number of halogens is 2. The van der Waals surface area contributed by atoms with Crippen molar-refractivity contribution in [2.45, 2.75) is 17.3 Å². The predicted molar refractivity (Wildman–Crippen MR) is 113 cm³/mol. The van der Waals surface area contributed by atoms with Gasteiger partial charge in [0.15, 0.2) is 0 Å². The monoisotopic (exact) mass is 424 g/mol. The summed E-state index contributed by atoms with van der Waals surface area (Å²) in [5.74, 6) is 0.615. The van der Waals surface area contributed by atoms with Gasteiger partial charge in [0.2, 0.25) is 0 Å². The van der Waals surface area contributed by atoms with E-state index < -0.39 is 6.55 Å². The summed E-state index contributed by atoms with van der Waals surface area (Å²) >= 11 is 2.95. The third-order valence-corrected chi connectivity index (χ3v) is 6.49. The van der Waals surface area contributed by atoms with E-state index in [-0.39, 0.29) is 5.75 Å². The van der Waals surface area contributed by atoms with Gasteiger partial charge < -0.3 is 0 Å². The number of aromatic nitrogens is 4. The number of hydrogen-bond donors (Lipinski definition) is 0. The fourth-order valence-electron chi connectivity index (χ4n) is 3.33. The first-order chi connectivity index (χ1) is 14.2. The van der Waals surface area contributed by atoms with Gasteiger partial charge in [-0.2, -0.15) is 8.78 Å². The normalized spacial score (nSPS) is 11.7. The van der Waals surface area contributed by atoms with E-state index in [9.17, 15) is 8.78 Å². The van der Waals surface area contributed by atoms with E-state index in [4.69, 9.17) is 0 Å². The van der Waals surface area contributed by atoms with Gasteiger partial charge in [0.1, 0.15) is 22.0 Å². The van der Waals surface area contributed by atoms with Crippen LogP contribution in [0.5, 0.6) is 0 Å². The molecule has 4 nitrogen and oxygen atoms in total. The van der Waals surface area contributed by atoms with Gasteiger partial charge in [-0.25, -0.2) is 15.0 Å². The molecule has 3 aromatic heterocycles. The van der Waals surface area contributed by atoms with Crippen LogP contribution in [-0.4, -0.2) is 19.5 Å². The van der Waals surface area contributed by atoms with Crippen LogP contribution in [-0.2, 0) is 5.75 Å². The summed E-state index contributed by atoms with van der Waals surface area (Å²) in [6, 6.07) is 17.0. The molecule has 0 radical (unpaired) electrons. The molecule has 2 aromatic carbocycles. The first kappa shape index (κ1) is 18.2. The molecule has 0 saturated heterocycles. The smallest absolute Gasteiger partial charge is 0.269 e. The Labute approximate surface area is 173 Å². The van der Waals surface area contributed by atoms with Crippen molar-refractivity contribution in [3.63, 3.8) is 0 Å². The molecule has 5 aromatic rings. The molecule has 0 saturated carbocycles. The molecule has 5 rings (SSSR count). The third kappa shape index (κ3) is 3.28. The predicted octanol–water partition coefficient (Wildman–Crippen LogP) is 6.40. The highest BCUT2D eigenvalue weighted by Gasteiger charge is 2.19. The topological polar surface area (TPSA) is 43.6 Å². The van der Waals surface area contributed by atoms with E-state index in [0.717, 1.165) is 30.9 Å². The van der Waals surface area contributed by atoms with Crippen molar-refractivity contribution in [3.05, 3.63) is 72.1 Å². The van der Waals surface area contributed by atoms with Crippen molar-refractivity contribution >= 4 is 44.3 Å². The fourth-order valence-corrected chi connectivity index (χ4v) is 5.26. The lowest BCUT2D eigenvalue weighted by Crippen LogP contribution is -2.03. The average molecular weight is 425 g/mol. The van der Waals surface area contributed by atoms with Crippen LogP contribution in [0.15, 0.2) is 71.3 Å². The van der Waals surface area contributed by atoms with E-state index in [1.807, 2.05) is 30.3 Å². The Morgan fingerprint density at radius 3 is 2.62 bits per heavy atom. The highest BCUT2D eigenvalue weighted by Crippen LogP contribution is 2.39. The number of rotatable bonds is 5. The summed E-state index contributed by atoms with van der Waals surface area (Å²) in [5.41, 5.74) is 3.13. The summed E-state index contributed by atoms with van der Waals surface area (Å²) in [5, 5.41) is 3.78. The standard InChI is InChI=1S/C21H14F2N4S2/c22-21(23)27-16-9-5-4-8-15(16)26-17(27)11-29-20-18-14(13-6-2-1-3-7-13)10-28-19(18)24-12-25-20/h1-10,12,21H,11H2. The summed E-state index contributed by atoms with van der Waals surface area (Å²) in [6.45, 7) is -2.65. The molecule has 8 heteroatoms. The van der Waals surface area contributed by atoms with Crippen LogP contribution in [0.3, 0.4) is 0 Å². The molecule has 144 valence electrons. The minimum absolute atomic E-state index is 0.287. The number of benzene rings is 2. The first-order valence-electron chi connectivity index (χ1n) is 8.87. The van der Waals surface area contributed by atoms with Crippen LogP contribution in [0.1, 0.15) is 12.4 Å². The first-order valence-corrected chi connectivity index (χ1v) is 10.7. The minimum Gasteiger partial charge on any atom is -0.269 e. The zero-order valence-electron chi connectivity index (χ0n) is 15.0. The third-order valence-electron chi connectivity index (χ3n) is 4.62. The molecule has 0 aliphatic carbocycles.